The molecule has 0 saturated carbocycles. The summed E-state index contributed by atoms with van der Waals surface area (Å²) in [5, 5.41) is 5.41. The van der Waals surface area contributed by atoms with E-state index in [0.717, 1.165) is 105 Å². The minimum atomic E-state index is 0.657. The number of rotatable bonds is 6. The minimum absolute atomic E-state index is 0.657. The highest BCUT2D eigenvalue weighted by molar-refractivity contribution is 6.24. The van der Waals surface area contributed by atoms with Crippen LogP contribution in [0.15, 0.2) is 205 Å². The van der Waals surface area contributed by atoms with Crippen LogP contribution in [0.2, 0.25) is 0 Å². The number of hydrogen-bond acceptors (Lipinski definition) is 4. The van der Waals surface area contributed by atoms with E-state index in [2.05, 4.69) is 170 Å². The van der Waals surface area contributed by atoms with Crippen molar-refractivity contribution >= 4 is 43.6 Å². The molecule has 0 unspecified atom stereocenters. The summed E-state index contributed by atoms with van der Waals surface area (Å²) in [6, 6.07) is 69.6. The molecule has 57 heavy (non-hydrogen) atoms. The lowest BCUT2D eigenvalue weighted by Gasteiger charge is -2.13. The first-order valence-corrected chi connectivity index (χ1v) is 19.2. The highest BCUT2D eigenvalue weighted by Gasteiger charge is 2.18. The lowest BCUT2D eigenvalue weighted by atomic mass is 9.97. The molecule has 0 N–H and O–H groups in total. The molecule has 11 rings (SSSR count). The second-order valence-electron chi connectivity index (χ2n) is 14.4. The van der Waals surface area contributed by atoms with Gasteiger partial charge in [-0.1, -0.05) is 164 Å². The molecule has 266 valence electrons. The van der Waals surface area contributed by atoms with Crippen molar-refractivity contribution in [3.8, 4) is 67.4 Å². The summed E-state index contributed by atoms with van der Waals surface area (Å²) >= 11 is 0. The first kappa shape index (κ1) is 32.7. The Labute approximate surface area is 329 Å². The van der Waals surface area contributed by atoms with Gasteiger partial charge in [0.15, 0.2) is 5.82 Å². The van der Waals surface area contributed by atoms with Gasteiger partial charge in [-0.25, -0.2) is 15.0 Å². The molecule has 0 aliphatic heterocycles. The first-order chi connectivity index (χ1) is 28.2. The molecule has 0 fully saturated rings. The van der Waals surface area contributed by atoms with Gasteiger partial charge in [-0.3, -0.25) is 0 Å². The van der Waals surface area contributed by atoms with Crippen LogP contribution in [0.25, 0.3) is 111 Å². The van der Waals surface area contributed by atoms with Gasteiger partial charge in [-0.15, -0.1) is 0 Å². The summed E-state index contributed by atoms with van der Waals surface area (Å²) in [6.45, 7) is 0. The molecule has 0 atom stereocenters. The number of fused-ring (bicyclic) bond motifs is 7. The van der Waals surface area contributed by atoms with Gasteiger partial charge in [0.2, 0.25) is 0 Å². The van der Waals surface area contributed by atoms with Crippen molar-refractivity contribution in [1.82, 2.24) is 15.0 Å². The van der Waals surface area contributed by atoms with Crippen LogP contribution in [0.5, 0.6) is 0 Å². The van der Waals surface area contributed by atoms with E-state index in [1.807, 2.05) is 30.3 Å². The average Bonchev–Trinajstić information content (AvgIpc) is 3.68. The average molecular weight is 728 g/mol. The fraction of sp³-hybridized carbons (Fsp3) is 0. The second-order valence-corrected chi connectivity index (χ2v) is 14.4. The first-order valence-electron chi connectivity index (χ1n) is 19.2. The van der Waals surface area contributed by atoms with Gasteiger partial charge in [-0.2, -0.15) is 0 Å². The van der Waals surface area contributed by atoms with E-state index in [0.29, 0.717) is 5.82 Å². The normalized spacial score (nSPS) is 11.5. The van der Waals surface area contributed by atoms with Crippen molar-refractivity contribution in [1.29, 1.82) is 0 Å². The summed E-state index contributed by atoms with van der Waals surface area (Å²) < 4.78 is 6.56. The van der Waals surface area contributed by atoms with Crippen LogP contribution in [-0.2, 0) is 0 Å². The van der Waals surface area contributed by atoms with Crippen LogP contribution < -0.4 is 0 Å². The molecule has 8 aromatic carbocycles. The highest BCUT2D eigenvalue weighted by Crippen LogP contribution is 2.41. The van der Waals surface area contributed by atoms with E-state index in [4.69, 9.17) is 19.4 Å². The van der Waals surface area contributed by atoms with Crippen LogP contribution in [0.1, 0.15) is 0 Å². The largest absolute Gasteiger partial charge is 0.455 e. The topological polar surface area (TPSA) is 51.8 Å². The Hall–Kier alpha value is -7.69. The third-order valence-electron chi connectivity index (χ3n) is 10.9. The van der Waals surface area contributed by atoms with Gasteiger partial charge in [-0.05, 0) is 58.7 Å². The Morgan fingerprint density at radius 3 is 1.51 bits per heavy atom. The molecule has 0 saturated heterocycles. The van der Waals surface area contributed by atoms with E-state index in [-0.39, 0.29) is 0 Å². The van der Waals surface area contributed by atoms with Gasteiger partial charge in [0.05, 0.1) is 22.6 Å². The zero-order valence-corrected chi connectivity index (χ0v) is 30.8. The maximum absolute atomic E-state index is 6.56. The summed E-state index contributed by atoms with van der Waals surface area (Å²) in [6.07, 6.45) is 0. The van der Waals surface area contributed by atoms with Gasteiger partial charge >= 0.3 is 0 Å². The number of aromatic nitrogens is 3. The van der Waals surface area contributed by atoms with E-state index >= 15 is 0 Å². The molecule has 11 aromatic rings. The lowest BCUT2D eigenvalue weighted by molar-refractivity contribution is 0.673. The number of benzene rings is 8. The monoisotopic (exact) mass is 727 g/mol. The van der Waals surface area contributed by atoms with Crippen molar-refractivity contribution < 1.29 is 4.42 Å². The molecule has 4 nitrogen and oxygen atoms in total. The zero-order valence-electron chi connectivity index (χ0n) is 30.8. The van der Waals surface area contributed by atoms with Crippen LogP contribution in [0, 0.1) is 0 Å². The smallest absolute Gasteiger partial charge is 0.160 e. The van der Waals surface area contributed by atoms with Gasteiger partial charge < -0.3 is 4.42 Å². The molecule has 4 heteroatoms. The van der Waals surface area contributed by atoms with Gasteiger partial charge in [0.25, 0.3) is 0 Å². The number of para-hydroxylation sites is 2. The summed E-state index contributed by atoms with van der Waals surface area (Å²) in [7, 11) is 0. The molecule has 3 heterocycles. The SMILES string of the molecule is c1ccc(-c2cccc(-c3cc(-c4cccc(-c5ccccc5)c4)nc(-c4ccc(-c5nc6ccccc6c6c5ccc5c7ccccc7oc56)cc4)n3)c2)cc1. The van der Waals surface area contributed by atoms with Crippen molar-refractivity contribution in [2.24, 2.45) is 0 Å². The third kappa shape index (κ3) is 5.83. The van der Waals surface area contributed by atoms with Crippen LogP contribution in [-0.4, -0.2) is 15.0 Å². The summed E-state index contributed by atoms with van der Waals surface area (Å²) in [4.78, 5) is 15.7. The standard InChI is InChI=1S/C53H33N3O/c1-3-13-34(14-4-1)38-17-11-19-40(31-38)47-33-48(41-20-12-18-39(32-41)35-15-5-2-6-16-35)56-53(55-47)37-27-25-36(26-28-37)51-45-30-29-43-42-21-8-10-24-49(42)57-52(43)50(45)44-22-7-9-23-46(44)54-51/h1-33H. The Morgan fingerprint density at radius 2 is 0.842 bits per heavy atom. The number of furan rings is 1. The van der Waals surface area contributed by atoms with Crippen molar-refractivity contribution in [2.45, 2.75) is 0 Å². The third-order valence-corrected chi connectivity index (χ3v) is 10.9. The Kier molecular flexibility index (Phi) is 7.78. The number of nitrogens with zero attached hydrogens (tertiary/aromatic N) is 3. The molecule has 0 aliphatic rings. The molecule has 0 bridgehead atoms. The zero-order chi connectivity index (χ0) is 37.7. The Balaban J connectivity index is 1.05. The van der Waals surface area contributed by atoms with E-state index in [1.54, 1.807) is 0 Å². The molecule has 0 amide bonds. The highest BCUT2D eigenvalue weighted by atomic mass is 16.3. The molecule has 3 aromatic heterocycles. The van der Waals surface area contributed by atoms with E-state index < -0.39 is 0 Å². The number of hydrogen-bond donors (Lipinski definition) is 0. The minimum Gasteiger partial charge on any atom is -0.455 e. The van der Waals surface area contributed by atoms with E-state index in [1.165, 1.54) is 0 Å². The Bertz CT molecular complexity index is 3180. The van der Waals surface area contributed by atoms with E-state index in [9.17, 15) is 0 Å². The van der Waals surface area contributed by atoms with Crippen molar-refractivity contribution in [2.75, 3.05) is 0 Å². The van der Waals surface area contributed by atoms with Gasteiger partial charge in [0, 0.05) is 49.2 Å². The van der Waals surface area contributed by atoms with Crippen molar-refractivity contribution in [3.63, 3.8) is 0 Å². The quantitative estimate of drug-likeness (QED) is 0.160. The van der Waals surface area contributed by atoms with Crippen LogP contribution >= 0.6 is 0 Å². The van der Waals surface area contributed by atoms with Crippen LogP contribution in [0.3, 0.4) is 0 Å². The van der Waals surface area contributed by atoms with Gasteiger partial charge in [0.1, 0.15) is 11.2 Å². The fourth-order valence-electron chi connectivity index (χ4n) is 8.06. The maximum atomic E-state index is 6.56. The maximum Gasteiger partial charge on any atom is 0.160 e. The molecule has 0 spiro atoms. The predicted molar refractivity (Wildman–Crippen MR) is 235 cm³/mol. The number of pyridine rings is 1. The van der Waals surface area contributed by atoms with Crippen molar-refractivity contribution in [3.05, 3.63) is 200 Å². The molecule has 0 radical (unpaired) electrons. The fourth-order valence-corrected chi connectivity index (χ4v) is 8.06. The molecular formula is C53H33N3O. The summed E-state index contributed by atoms with van der Waals surface area (Å²) in [5.74, 6) is 0.657. The second kappa shape index (κ2) is 13.6. The Morgan fingerprint density at radius 1 is 0.316 bits per heavy atom. The van der Waals surface area contributed by atoms with Crippen LogP contribution in [0.4, 0.5) is 0 Å². The molecule has 0 aliphatic carbocycles. The molecular weight excluding hydrogens is 695 g/mol. The predicted octanol–water partition coefficient (Wildman–Crippen LogP) is 14.1. The lowest BCUT2D eigenvalue weighted by Crippen LogP contribution is -1.97. The summed E-state index contributed by atoms with van der Waals surface area (Å²) in [5.41, 5.74) is 13.9.